The third kappa shape index (κ3) is 3.53. The number of rotatable bonds is 5. The second kappa shape index (κ2) is 6.04. The predicted octanol–water partition coefficient (Wildman–Crippen LogP) is 3.13. The van der Waals surface area contributed by atoms with Crippen LogP contribution in [0.25, 0.3) is 0 Å². The lowest BCUT2D eigenvalue weighted by Crippen LogP contribution is -2.42. The Kier molecular flexibility index (Phi) is 4.46. The summed E-state index contributed by atoms with van der Waals surface area (Å²) < 4.78 is 40.2. The van der Waals surface area contributed by atoms with Gasteiger partial charge in [-0.3, -0.25) is 0 Å². The third-order valence-electron chi connectivity index (χ3n) is 3.67. The summed E-state index contributed by atoms with van der Waals surface area (Å²) >= 11 is 0. The van der Waals surface area contributed by atoms with Crippen LogP contribution in [0.15, 0.2) is 41.1 Å². The Labute approximate surface area is 130 Å². The van der Waals surface area contributed by atoms with Gasteiger partial charge in [-0.05, 0) is 38.1 Å². The zero-order valence-corrected chi connectivity index (χ0v) is 12.6. The minimum atomic E-state index is -4.75. The number of halogens is 3. The zero-order valence-electron chi connectivity index (χ0n) is 12.6. The lowest BCUT2D eigenvalue weighted by Gasteiger charge is -2.26. The van der Waals surface area contributed by atoms with Crippen molar-refractivity contribution in [2.24, 2.45) is 5.10 Å². The van der Waals surface area contributed by atoms with Gasteiger partial charge >= 0.3 is 12.3 Å². The van der Waals surface area contributed by atoms with Crippen LogP contribution in [-0.4, -0.2) is 40.8 Å². The van der Waals surface area contributed by atoms with E-state index >= 15 is 0 Å². The van der Waals surface area contributed by atoms with Crippen LogP contribution in [0.4, 0.5) is 13.2 Å². The summed E-state index contributed by atoms with van der Waals surface area (Å²) in [5, 5.41) is 13.8. The van der Waals surface area contributed by atoms with E-state index in [0.29, 0.717) is 24.4 Å². The van der Waals surface area contributed by atoms with Gasteiger partial charge in [-0.15, -0.1) is 13.2 Å². The summed E-state index contributed by atoms with van der Waals surface area (Å²) in [5.41, 5.74) is 1.09. The van der Waals surface area contributed by atoms with Gasteiger partial charge in [0.05, 0.1) is 0 Å². The highest BCUT2D eigenvalue weighted by molar-refractivity contribution is 6.12. The van der Waals surface area contributed by atoms with Crippen LogP contribution in [0.1, 0.15) is 19.4 Å². The quantitative estimate of drug-likeness (QED) is 0.845. The summed E-state index contributed by atoms with van der Waals surface area (Å²) in [4.78, 5) is 11.4. The summed E-state index contributed by atoms with van der Waals surface area (Å²) in [6.45, 7) is 4.58. The maximum absolute atomic E-state index is 12.2. The molecule has 124 valence electrons. The molecule has 0 aromatic heterocycles. The van der Waals surface area contributed by atoms with Crippen molar-refractivity contribution in [3.8, 4) is 5.75 Å². The number of carbonyl (C=O) groups is 1. The Morgan fingerprint density at radius 3 is 2.17 bits per heavy atom. The first kappa shape index (κ1) is 17.0. The van der Waals surface area contributed by atoms with E-state index in [1.54, 1.807) is 0 Å². The fourth-order valence-electron chi connectivity index (χ4n) is 2.45. The lowest BCUT2D eigenvalue weighted by atomic mass is 10.1. The number of aliphatic carboxylic acids is 1. The first-order valence-corrected chi connectivity index (χ1v) is 7.00. The molecule has 1 aromatic rings. The minimum Gasteiger partial charge on any atom is -0.474 e. The predicted molar refractivity (Wildman–Crippen MR) is 76.7 cm³/mol. The molecule has 0 atom stereocenters. The smallest absolute Gasteiger partial charge is 0.474 e. The summed E-state index contributed by atoms with van der Waals surface area (Å²) in [7, 11) is 0. The topological polar surface area (TPSA) is 58.9 Å². The van der Waals surface area contributed by atoms with Crippen molar-refractivity contribution in [2.75, 3.05) is 13.1 Å². The number of carboxylic acid groups (broad SMARTS) is 1. The number of quaternary nitrogens is 1. The Morgan fingerprint density at radius 2 is 1.78 bits per heavy atom. The number of nitrogens with zero attached hydrogens (tertiary/aromatic N) is 2. The van der Waals surface area contributed by atoms with E-state index in [2.05, 4.69) is 9.84 Å². The number of hydrogen-bond acceptors (Lipinski definition) is 3. The summed E-state index contributed by atoms with van der Waals surface area (Å²) in [6, 6.07) is 5.18. The van der Waals surface area contributed by atoms with Crippen LogP contribution in [0, 0.1) is 0 Å². The van der Waals surface area contributed by atoms with Crippen LogP contribution in [0.5, 0.6) is 5.75 Å². The Balaban J connectivity index is 2.33. The van der Waals surface area contributed by atoms with Gasteiger partial charge in [0.25, 0.3) is 0 Å². The van der Waals surface area contributed by atoms with E-state index in [4.69, 9.17) is 0 Å². The molecular weight excluding hydrogens is 313 g/mol. The van der Waals surface area contributed by atoms with Crippen molar-refractivity contribution in [3.05, 3.63) is 41.6 Å². The normalized spacial score (nSPS) is 16.7. The molecule has 0 saturated carbocycles. The fraction of sp³-hybridized carbons (Fsp3) is 0.333. The van der Waals surface area contributed by atoms with E-state index in [1.165, 1.54) is 30.3 Å². The molecule has 0 saturated heterocycles. The van der Waals surface area contributed by atoms with Crippen LogP contribution in [0.2, 0.25) is 0 Å². The van der Waals surface area contributed by atoms with E-state index in [0.717, 1.165) is 0 Å². The molecule has 1 aliphatic heterocycles. The molecule has 2 rings (SSSR count). The number of hydrogen-bond donors (Lipinski definition) is 1. The molecule has 5 nitrogen and oxygen atoms in total. The van der Waals surface area contributed by atoms with Gasteiger partial charge in [0, 0.05) is 11.6 Å². The molecule has 0 bridgehead atoms. The maximum Gasteiger partial charge on any atom is 0.573 e. The van der Waals surface area contributed by atoms with Crippen molar-refractivity contribution in [1.82, 2.24) is 0 Å². The fourth-order valence-corrected chi connectivity index (χ4v) is 2.45. The summed E-state index contributed by atoms with van der Waals surface area (Å²) in [5.74, 6) is -1.40. The van der Waals surface area contributed by atoms with E-state index in [9.17, 15) is 23.1 Å². The Morgan fingerprint density at radius 1 is 1.22 bits per heavy atom. The number of benzene rings is 1. The SMILES string of the molecule is CC[N+]1(CC)N=C(c2ccc(OC(F)(F)F)cc2)C=C1C(=O)O. The number of carboxylic acids is 1. The zero-order chi connectivity index (χ0) is 17.3. The third-order valence-corrected chi connectivity index (χ3v) is 3.67. The molecular formula is C15H16F3N2O3+. The monoisotopic (exact) mass is 329 g/mol. The van der Waals surface area contributed by atoms with Gasteiger partial charge in [-0.2, -0.15) is 4.59 Å². The van der Waals surface area contributed by atoms with Crippen LogP contribution < -0.4 is 4.74 Å². The highest BCUT2D eigenvalue weighted by Gasteiger charge is 2.40. The molecule has 0 unspecified atom stereocenters. The first-order chi connectivity index (χ1) is 10.7. The molecule has 0 radical (unpaired) electrons. The number of allylic oxidation sites excluding steroid dienone is 1. The molecule has 0 amide bonds. The van der Waals surface area contributed by atoms with Crippen molar-refractivity contribution in [3.63, 3.8) is 0 Å². The second-order valence-corrected chi connectivity index (χ2v) is 4.95. The van der Waals surface area contributed by atoms with Gasteiger partial charge in [0.1, 0.15) is 24.6 Å². The molecule has 1 aromatic carbocycles. The van der Waals surface area contributed by atoms with Crippen molar-refractivity contribution in [1.29, 1.82) is 0 Å². The maximum atomic E-state index is 12.2. The van der Waals surface area contributed by atoms with Crippen molar-refractivity contribution >= 4 is 11.7 Å². The largest absolute Gasteiger partial charge is 0.573 e. The van der Waals surface area contributed by atoms with Crippen molar-refractivity contribution < 1.29 is 32.4 Å². The van der Waals surface area contributed by atoms with Crippen LogP contribution in [-0.2, 0) is 4.79 Å². The van der Waals surface area contributed by atoms with Gasteiger partial charge in [-0.1, -0.05) is 5.10 Å². The average molecular weight is 329 g/mol. The van der Waals surface area contributed by atoms with Gasteiger partial charge < -0.3 is 9.84 Å². The molecule has 0 fully saturated rings. The highest BCUT2D eigenvalue weighted by Crippen LogP contribution is 2.28. The number of alkyl halides is 3. The minimum absolute atomic E-state index is 0.0501. The standard InChI is InChI=1S/C15H15F3N2O3/c1-3-20(4-2)13(14(21)22)9-12(19-20)10-5-7-11(8-6-10)23-15(16,17)18/h5-9H,3-4H2,1-2H3/p+1. The Bertz CT molecular complexity index is 660. The summed E-state index contributed by atoms with van der Waals surface area (Å²) in [6.07, 6.45) is -3.30. The van der Waals surface area contributed by atoms with E-state index in [-0.39, 0.29) is 16.0 Å². The Hall–Kier alpha value is -2.35. The number of ether oxygens (including phenoxy) is 1. The molecule has 1 N–H and O–H groups in total. The second-order valence-electron chi connectivity index (χ2n) is 4.95. The molecule has 1 heterocycles. The molecule has 23 heavy (non-hydrogen) atoms. The first-order valence-electron chi connectivity index (χ1n) is 7.00. The molecule has 1 aliphatic rings. The average Bonchev–Trinajstić information content (AvgIpc) is 2.87. The number of likely N-dealkylation sites (N-methyl/N-ethyl adjacent to an activating group) is 1. The van der Waals surface area contributed by atoms with Crippen LogP contribution >= 0.6 is 0 Å². The van der Waals surface area contributed by atoms with Crippen LogP contribution in [0.3, 0.4) is 0 Å². The van der Waals surface area contributed by atoms with E-state index < -0.39 is 12.3 Å². The lowest BCUT2D eigenvalue weighted by molar-refractivity contribution is -0.889. The van der Waals surface area contributed by atoms with Gasteiger partial charge in [-0.25, -0.2) is 4.79 Å². The van der Waals surface area contributed by atoms with E-state index in [1.807, 2.05) is 13.8 Å². The van der Waals surface area contributed by atoms with Gasteiger partial charge in [0.15, 0.2) is 0 Å². The molecule has 8 heteroatoms. The molecule has 0 aliphatic carbocycles. The van der Waals surface area contributed by atoms with Gasteiger partial charge in [0.2, 0.25) is 5.70 Å². The highest BCUT2D eigenvalue weighted by atomic mass is 19.4. The molecule has 0 spiro atoms. The van der Waals surface area contributed by atoms with Crippen molar-refractivity contribution in [2.45, 2.75) is 20.2 Å².